The van der Waals surface area contributed by atoms with Gasteiger partial charge in [0.1, 0.15) is 5.69 Å². The highest BCUT2D eigenvalue weighted by atomic mass is 16.5. The Bertz CT molecular complexity index is 1010. The molecule has 0 aliphatic rings. The van der Waals surface area contributed by atoms with Gasteiger partial charge in [-0.25, -0.2) is 9.48 Å². The van der Waals surface area contributed by atoms with Crippen LogP contribution < -0.4 is 0 Å². The van der Waals surface area contributed by atoms with E-state index < -0.39 is 5.97 Å². The van der Waals surface area contributed by atoms with Crippen LogP contribution in [0, 0.1) is 0 Å². The first-order chi connectivity index (χ1) is 15.0. The van der Waals surface area contributed by atoms with E-state index in [1.54, 1.807) is 15.8 Å². The van der Waals surface area contributed by atoms with E-state index >= 15 is 0 Å². The maximum atomic E-state index is 12.5. The lowest BCUT2D eigenvalue weighted by Crippen LogP contribution is -2.39. The number of nitrogens with zero attached hydrogens (tertiary/aromatic N) is 4. The molecule has 0 radical (unpaired) electrons. The van der Waals surface area contributed by atoms with E-state index in [0.717, 1.165) is 11.1 Å². The van der Waals surface area contributed by atoms with Crippen molar-refractivity contribution in [2.75, 3.05) is 6.61 Å². The average Bonchev–Trinajstić information content (AvgIpc) is 3.23. The van der Waals surface area contributed by atoms with E-state index in [4.69, 9.17) is 4.74 Å². The van der Waals surface area contributed by atoms with Gasteiger partial charge in [-0.3, -0.25) is 4.79 Å². The first-order valence-electron chi connectivity index (χ1n) is 10.1. The summed E-state index contributed by atoms with van der Waals surface area (Å²) in [7, 11) is 0. The molecular formula is C24H26N4O3. The zero-order valence-corrected chi connectivity index (χ0v) is 17.7. The highest BCUT2D eigenvalue weighted by molar-refractivity contribution is 5.89. The number of carbonyl (C=O) groups excluding carboxylic acids is 2. The lowest BCUT2D eigenvalue weighted by Gasteiger charge is -2.26. The average molecular weight is 418 g/mol. The standard InChI is InChI=1S/C24H26N4O3/c1-19(2)28(16-21-11-7-4-8-12-21)23(29)18-31-24(30)14-13-22-17-27(26-25-22)15-20-9-5-3-6-10-20/h3-14,17,19H,15-16,18H2,1-2H3/b14-13+. The molecule has 0 unspecified atom stereocenters. The monoisotopic (exact) mass is 418 g/mol. The molecule has 0 aliphatic heterocycles. The largest absolute Gasteiger partial charge is 0.452 e. The zero-order chi connectivity index (χ0) is 22.1. The molecule has 1 heterocycles. The molecule has 2 aromatic carbocycles. The van der Waals surface area contributed by atoms with Crippen molar-refractivity contribution in [3.63, 3.8) is 0 Å². The number of rotatable bonds is 9. The van der Waals surface area contributed by atoms with Gasteiger partial charge < -0.3 is 9.64 Å². The number of amides is 1. The zero-order valence-electron chi connectivity index (χ0n) is 17.7. The van der Waals surface area contributed by atoms with Gasteiger partial charge in [-0.1, -0.05) is 65.9 Å². The lowest BCUT2D eigenvalue weighted by atomic mass is 10.2. The van der Waals surface area contributed by atoms with Crippen LogP contribution in [0.5, 0.6) is 0 Å². The number of carbonyl (C=O) groups is 2. The fraction of sp³-hybridized carbons (Fsp3) is 0.250. The van der Waals surface area contributed by atoms with Gasteiger partial charge in [0.15, 0.2) is 6.61 Å². The predicted molar refractivity (Wildman–Crippen MR) is 118 cm³/mol. The van der Waals surface area contributed by atoms with Crippen LogP contribution >= 0.6 is 0 Å². The van der Waals surface area contributed by atoms with E-state index in [9.17, 15) is 9.59 Å². The van der Waals surface area contributed by atoms with Crippen LogP contribution in [-0.2, 0) is 27.4 Å². The highest BCUT2D eigenvalue weighted by Crippen LogP contribution is 2.09. The normalized spacial score (nSPS) is 11.1. The van der Waals surface area contributed by atoms with Crippen LogP contribution in [0.4, 0.5) is 0 Å². The highest BCUT2D eigenvalue weighted by Gasteiger charge is 2.18. The first-order valence-corrected chi connectivity index (χ1v) is 10.1. The van der Waals surface area contributed by atoms with E-state index in [0.29, 0.717) is 18.8 Å². The molecule has 0 saturated carbocycles. The van der Waals surface area contributed by atoms with E-state index in [2.05, 4.69) is 10.3 Å². The van der Waals surface area contributed by atoms with Gasteiger partial charge in [0.25, 0.3) is 5.91 Å². The number of esters is 1. The predicted octanol–water partition coefficient (Wildman–Crippen LogP) is 3.32. The van der Waals surface area contributed by atoms with Crippen molar-refractivity contribution in [1.82, 2.24) is 19.9 Å². The minimum Gasteiger partial charge on any atom is -0.452 e. The summed E-state index contributed by atoms with van der Waals surface area (Å²) >= 11 is 0. The van der Waals surface area contributed by atoms with E-state index in [-0.39, 0.29) is 18.6 Å². The maximum absolute atomic E-state index is 12.5. The third kappa shape index (κ3) is 6.92. The van der Waals surface area contributed by atoms with Crippen molar-refractivity contribution in [1.29, 1.82) is 0 Å². The minimum atomic E-state index is -0.602. The van der Waals surface area contributed by atoms with Gasteiger partial charge >= 0.3 is 5.97 Å². The smallest absolute Gasteiger partial charge is 0.331 e. The topological polar surface area (TPSA) is 77.3 Å². The third-order valence-electron chi connectivity index (χ3n) is 4.61. The van der Waals surface area contributed by atoms with Crippen molar-refractivity contribution >= 4 is 18.0 Å². The van der Waals surface area contributed by atoms with Crippen molar-refractivity contribution in [2.24, 2.45) is 0 Å². The number of ether oxygens (including phenoxy) is 1. The summed E-state index contributed by atoms with van der Waals surface area (Å²) in [4.78, 5) is 26.3. The van der Waals surface area contributed by atoms with Crippen molar-refractivity contribution in [3.05, 3.63) is 89.8 Å². The molecule has 0 aliphatic carbocycles. The summed E-state index contributed by atoms with van der Waals surface area (Å²) < 4.78 is 6.81. The Hall–Kier alpha value is -3.74. The Morgan fingerprint density at radius 1 is 1.03 bits per heavy atom. The van der Waals surface area contributed by atoms with Crippen molar-refractivity contribution < 1.29 is 14.3 Å². The van der Waals surface area contributed by atoms with Crippen LogP contribution in [-0.4, -0.2) is 44.4 Å². The van der Waals surface area contributed by atoms with Crippen LogP contribution in [0.1, 0.15) is 30.7 Å². The molecule has 0 bridgehead atoms. The molecule has 7 heteroatoms. The number of hydrogen-bond acceptors (Lipinski definition) is 5. The van der Waals surface area contributed by atoms with Crippen molar-refractivity contribution in [3.8, 4) is 0 Å². The third-order valence-corrected chi connectivity index (χ3v) is 4.61. The van der Waals surface area contributed by atoms with Crippen LogP contribution in [0.3, 0.4) is 0 Å². The summed E-state index contributed by atoms with van der Waals surface area (Å²) in [6.45, 7) is 4.61. The van der Waals surface area contributed by atoms with Crippen molar-refractivity contribution in [2.45, 2.75) is 33.0 Å². The summed E-state index contributed by atoms with van der Waals surface area (Å²) in [5, 5.41) is 8.07. The van der Waals surface area contributed by atoms with E-state index in [1.165, 1.54) is 12.2 Å². The van der Waals surface area contributed by atoms with Crippen LogP contribution in [0.25, 0.3) is 6.08 Å². The summed E-state index contributed by atoms with van der Waals surface area (Å²) in [5.74, 6) is -0.844. The molecule has 0 atom stereocenters. The van der Waals surface area contributed by atoms with Crippen LogP contribution in [0.15, 0.2) is 72.9 Å². The Balaban J connectivity index is 1.49. The van der Waals surface area contributed by atoms with Gasteiger partial charge in [0.2, 0.25) is 0 Å². The molecule has 1 amide bonds. The molecule has 7 nitrogen and oxygen atoms in total. The Morgan fingerprint density at radius 3 is 2.32 bits per heavy atom. The molecule has 31 heavy (non-hydrogen) atoms. The number of hydrogen-bond donors (Lipinski definition) is 0. The second kappa shape index (κ2) is 10.9. The summed E-state index contributed by atoms with van der Waals surface area (Å²) in [6, 6.07) is 19.6. The van der Waals surface area contributed by atoms with Gasteiger partial charge in [-0.2, -0.15) is 0 Å². The van der Waals surface area contributed by atoms with Gasteiger partial charge in [-0.05, 0) is 31.1 Å². The number of aromatic nitrogens is 3. The Kier molecular flexibility index (Phi) is 7.70. The fourth-order valence-electron chi connectivity index (χ4n) is 2.99. The number of benzene rings is 2. The quantitative estimate of drug-likeness (QED) is 0.394. The minimum absolute atomic E-state index is 0.0124. The molecule has 3 rings (SSSR count). The lowest BCUT2D eigenvalue weighted by molar-refractivity contribution is -0.149. The van der Waals surface area contributed by atoms with Gasteiger partial charge in [0.05, 0.1) is 12.7 Å². The molecule has 0 spiro atoms. The molecule has 0 fully saturated rings. The maximum Gasteiger partial charge on any atom is 0.331 e. The molecular weight excluding hydrogens is 392 g/mol. The summed E-state index contributed by atoms with van der Waals surface area (Å²) in [6.07, 6.45) is 4.51. The molecule has 160 valence electrons. The SMILES string of the molecule is CC(C)N(Cc1ccccc1)C(=O)COC(=O)/C=C/c1cn(Cc2ccccc2)nn1. The van der Waals surface area contributed by atoms with Crippen LogP contribution in [0.2, 0.25) is 0 Å². The van der Waals surface area contributed by atoms with Gasteiger partial charge in [-0.15, -0.1) is 5.10 Å². The molecule has 0 N–H and O–H groups in total. The fourth-order valence-corrected chi connectivity index (χ4v) is 2.99. The molecule has 3 aromatic rings. The van der Waals surface area contributed by atoms with E-state index in [1.807, 2.05) is 74.5 Å². The molecule has 1 aromatic heterocycles. The second-order valence-electron chi connectivity index (χ2n) is 7.37. The van der Waals surface area contributed by atoms with Gasteiger partial charge in [0, 0.05) is 18.7 Å². The Morgan fingerprint density at radius 2 is 1.68 bits per heavy atom. The summed E-state index contributed by atoms with van der Waals surface area (Å²) in [5.41, 5.74) is 2.66. The Labute approximate surface area is 181 Å². The second-order valence-corrected chi connectivity index (χ2v) is 7.37. The molecule has 0 saturated heterocycles. The first kappa shape index (κ1) is 22.0.